The quantitative estimate of drug-likeness (QED) is 0.643. The van der Waals surface area contributed by atoms with Gasteiger partial charge >= 0.3 is 0 Å². The van der Waals surface area contributed by atoms with Crippen LogP contribution >= 0.6 is 23.8 Å². The fraction of sp³-hybridized carbons (Fsp3) is 0.364. The second-order valence-electron chi connectivity index (χ2n) is 3.36. The molecule has 0 radical (unpaired) electrons. The van der Waals surface area contributed by atoms with Crippen molar-refractivity contribution in [1.82, 2.24) is 5.32 Å². The van der Waals surface area contributed by atoms with Crippen molar-refractivity contribution in [3.63, 3.8) is 0 Å². The van der Waals surface area contributed by atoms with Gasteiger partial charge in [0, 0.05) is 13.7 Å². The maximum absolute atomic E-state index is 6.06. The molecule has 0 saturated carbocycles. The average molecular weight is 259 g/mol. The van der Waals surface area contributed by atoms with Crippen molar-refractivity contribution in [2.75, 3.05) is 25.6 Å². The van der Waals surface area contributed by atoms with Gasteiger partial charge in [0.15, 0.2) is 5.11 Å². The van der Waals surface area contributed by atoms with Gasteiger partial charge in [0.25, 0.3) is 0 Å². The van der Waals surface area contributed by atoms with Crippen LogP contribution in [0.25, 0.3) is 0 Å². The Hall–Kier alpha value is -0.840. The average Bonchev–Trinajstić information content (AvgIpc) is 2.23. The summed E-state index contributed by atoms with van der Waals surface area (Å²) >= 11 is 11.2. The molecule has 88 valence electrons. The van der Waals surface area contributed by atoms with E-state index >= 15 is 0 Å². The van der Waals surface area contributed by atoms with Crippen LogP contribution in [0, 0.1) is 6.92 Å². The molecule has 0 spiro atoms. The lowest BCUT2D eigenvalue weighted by Gasteiger charge is -2.11. The van der Waals surface area contributed by atoms with E-state index in [0.717, 1.165) is 11.3 Å². The Balaban J connectivity index is 2.49. The van der Waals surface area contributed by atoms with Gasteiger partial charge in [-0.05, 0) is 36.8 Å². The normalized spacial score (nSPS) is 9.94. The van der Waals surface area contributed by atoms with Crippen LogP contribution in [0.2, 0.25) is 5.02 Å². The van der Waals surface area contributed by atoms with E-state index in [9.17, 15) is 0 Å². The molecule has 1 aromatic rings. The van der Waals surface area contributed by atoms with Gasteiger partial charge in [0.1, 0.15) is 0 Å². The fourth-order valence-electron chi connectivity index (χ4n) is 1.15. The molecule has 0 unspecified atom stereocenters. The first-order chi connectivity index (χ1) is 7.63. The number of halogens is 1. The second kappa shape index (κ2) is 6.68. The highest BCUT2D eigenvalue weighted by Gasteiger charge is 2.02. The summed E-state index contributed by atoms with van der Waals surface area (Å²) in [6, 6.07) is 5.77. The summed E-state index contributed by atoms with van der Waals surface area (Å²) < 4.78 is 4.91. The number of thiocarbonyl (C=S) groups is 1. The first kappa shape index (κ1) is 13.2. The van der Waals surface area contributed by atoms with Gasteiger partial charge in [-0.3, -0.25) is 0 Å². The fourth-order valence-corrected chi connectivity index (χ4v) is 1.65. The topological polar surface area (TPSA) is 33.3 Å². The van der Waals surface area contributed by atoms with Gasteiger partial charge in [-0.25, -0.2) is 0 Å². The summed E-state index contributed by atoms with van der Waals surface area (Å²) in [5, 5.41) is 7.25. The largest absolute Gasteiger partial charge is 0.383 e. The molecule has 5 heteroatoms. The number of benzene rings is 1. The summed E-state index contributed by atoms with van der Waals surface area (Å²) in [5.41, 5.74) is 1.93. The molecule has 0 aliphatic heterocycles. The third-order valence-electron chi connectivity index (χ3n) is 1.96. The smallest absolute Gasteiger partial charge is 0.170 e. The molecule has 0 atom stereocenters. The lowest BCUT2D eigenvalue weighted by molar-refractivity contribution is 0.204. The number of hydrogen-bond acceptors (Lipinski definition) is 2. The van der Waals surface area contributed by atoms with Crippen LogP contribution in [0.1, 0.15) is 5.56 Å². The predicted octanol–water partition coefficient (Wildman–Crippen LogP) is 2.58. The van der Waals surface area contributed by atoms with E-state index in [1.165, 1.54) is 0 Å². The van der Waals surface area contributed by atoms with Crippen LogP contribution in [0.4, 0.5) is 5.69 Å². The first-order valence-electron chi connectivity index (χ1n) is 4.93. The van der Waals surface area contributed by atoms with Crippen LogP contribution in [-0.4, -0.2) is 25.4 Å². The molecule has 0 bridgehead atoms. The number of nitrogens with one attached hydrogen (secondary N) is 2. The summed E-state index contributed by atoms with van der Waals surface area (Å²) in [7, 11) is 1.65. The zero-order chi connectivity index (χ0) is 12.0. The summed E-state index contributed by atoms with van der Waals surface area (Å²) in [4.78, 5) is 0. The number of methoxy groups -OCH3 is 1. The molecule has 0 fully saturated rings. The third kappa shape index (κ3) is 4.35. The number of rotatable bonds is 4. The Kier molecular flexibility index (Phi) is 5.52. The Morgan fingerprint density at radius 2 is 2.25 bits per heavy atom. The number of aryl methyl sites for hydroxylation is 1. The van der Waals surface area contributed by atoms with E-state index in [1.54, 1.807) is 7.11 Å². The minimum atomic E-state index is 0.544. The summed E-state index contributed by atoms with van der Waals surface area (Å²) in [5.74, 6) is 0. The molecule has 0 aliphatic carbocycles. The van der Waals surface area contributed by atoms with Crippen molar-refractivity contribution >= 4 is 34.6 Å². The van der Waals surface area contributed by atoms with E-state index in [2.05, 4.69) is 10.6 Å². The third-order valence-corrected chi connectivity index (χ3v) is 2.52. The lowest BCUT2D eigenvalue weighted by Crippen LogP contribution is -2.31. The Bertz CT molecular complexity index is 371. The molecule has 1 rings (SSSR count). The molecule has 16 heavy (non-hydrogen) atoms. The Morgan fingerprint density at radius 1 is 1.50 bits per heavy atom. The molecule has 1 aromatic carbocycles. The second-order valence-corrected chi connectivity index (χ2v) is 4.17. The van der Waals surface area contributed by atoms with Gasteiger partial charge in [-0.2, -0.15) is 0 Å². The van der Waals surface area contributed by atoms with Crippen LogP contribution in [0.3, 0.4) is 0 Å². The molecule has 0 saturated heterocycles. The molecular weight excluding hydrogens is 244 g/mol. The standard InChI is InChI=1S/C11H15ClN2OS/c1-8-3-4-10(9(12)7-8)14-11(16)13-5-6-15-2/h3-4,7H,5-6H2,1-2H3,(H2,13,14,16). The van der Waals surface area contributed by atoms with E-state index in [-0.39, 0.29) is 0 Å². The minimum Gasteiger partial charge on any atom is -0.383 e. The van der Waals surface area contributed by atoms with Crippen LogP contribution in [0.15, 0.2) is 18.2 Å². The van der Waals surface area contributed by atoms with Gasteiger partial charge in [0.2, 0.25) is 0 Å². The van der Waals surface area contributed by atoms with Crippen molar-refractivity contribution in [3.05, 3.63) is 28.8 Å². The van der Waals surface area contributed by atoms with Crippen LogP contribution in [0.5, 0.6) is 0 Å². The number of ether oxygens (including phenoxy) is 1. The van der Waals surface area contributed by atoms with Crippen molar-refractivity contribution in [2.45, 2.75) is 6.92 Å². The lowest BCUT2D eigenvalue weighted by atomic mass is 10.2. The van der Waals surface area contributed by atoms with E-state index in [4.69, 9.17) is 28.6 Å². The van der Waals surface area contributed by atoms with E-state index in [1.807, 2.05) is 25.1 Å². The monoisotopic (exact) mass is 258 g/mol. The van der Waals surface area contributed by atoms with Crippen molar-refractivity contribution in [2.24, 2.45) is 0 Å². The highest BCUT2D eigenvalue weighted by atomic mass is 35.5. The van der Waals surface area contributed by atoms with E-state index < -0.39 is 0 Å². The maximum atomic E-state index is 6.06. The summed E-state index contributed by atoms with van der Waals surface area (Å²) in [6.07, 6.45) is 0. The van der Waals surface area contributed by atoms with Crippen LogP contribution in [-0.2, 0) is 4.74 Å². The van der Waals surface area contributed by atoms with Gasteiger partial charge in [-0.1, -0.05) is 17.7 Å². The number of anilines is 1. The predicted molar refractivity (Wildman–Crippen MR) is 72.3 cm³/mol. The molecule has 3 nitrogen and oxygen atoms in total. The SMILES string of the molecule is COCCNC(=S)Nc1ccc(C)cc1Cl. The van der Waals surface area contributed by atoms with Gasteiger partial charge < -0.3 is 15.4 Å². The maximum Gasteiger partial charge on any atom is 0.170 e. The first-order valence-corrected chi connectivity index (χ1v) is 5.72. The van der Waals surface area contributed by atoms with Crippen LogP contribution < -0.4 is 10.6 Å². The Morgan fingerprint density at radius 3 is 2.88 bits per heavy atom. The number of hydrogen-bond donors (Lipinski definition) is 2. The molecule has 0 heterocycles. The van der Waals surface area contributed by atoms with Crippen molar-refractivity contribution in [1.29, 1.82) is 0 Å². The highest BCUT2D eigenvalue weighted by molar-refractivity contribution is 7.80. The summed E-state index contributed by atoms with van der Waals surface area (Å²) in [6.45, 7) is 3.28. The molecule has 0 aromatic heterocycles. The minimum absolute atomic E-state index is 0.544. The molecule has 0 aliphatic rings. The van der Waals surface area contributed by atoms with Gasteiger partial charge in [-0.15, -0.1) is 0 Å². The van der Waals surface area contributed by atoms with E-state index in [0.29, 0.717) is 23.3 Å². The molecular formula is C11H15ClN2OS. The zero-order valence-electron chi connectivity index (χ0n) is 9.34. The molecule has 0 amide bonds. The van der Waals surface area contributed by atoms with Crippen molar-refractivity contribution in [3.8, 4) is 0 Å². The Labute approximate surface area is 106 Å². The van der Waals surface area contributed by atoms with Crippen molar-refractivity contribution < 1.29 is 4.74 Å². The highest BCUT2D eigenvalue weighted by Crippen LogP contribution is 2.22. The zero-order valence-corrected chi connectivity index (χ0v) is 10.9. The molecule has 2 N–H and O–H groups in total. The van der Waals surface area contributed by atoms with Gasteiger partial charge in [0.05, 0.1) is 17.3 Å².